The normalized spacial score (nSPS) is 14.9. The summed E-state index contributed by atoms with van der Waals surface area (Å²) in [6, 6.07) is 11.5. The highest BCUT2D eigenvalue weighted by atomic mass is 35.5. The molecule has 0 aromatic heterocycles. The second-order valence-electron chi connectivity index (χ2n) is 6.56. The van der Waals surface area contributed by atoms with E-state index in [1.165, 1.54) is 18.2 Å². The number of carbonyl (C=O) groups is 1. The van der Waals surface area contributed by atoms with Crippen LogP contribution in [0.2, 0.25) is 5.02 Å². The van der Waals surface area contributed by atoms with E-state index in [0.29, 0.717) is 11.6 Å². The summed E-state index contributed by atoms with van der Waals surface area (Å²) in [5.41, 5.74) is 1.75. The van der Waals surface area contributed by atoms with E-state index >= 15 is 0 Å². The Morgan fingerprint density at radius 3 is 2.58 bits per heavy atom. The molecule has 0 atom stereocenters. The topological polar surface area (TPSA) is 75.5 Å². The van der Waals surface area contributed by atoms with Crippen molar-refractivity contribution in [2.75, 3.05) is 23.3 Å². The van der Waals surface area contributed by atoms with Crippen molar-refractivity contribution in [3.63, 3.8) is 0 Å². The largest absolute Gasteiger partial charge is 0.370 e. The van der Waals surface area contributed by atoms with Gasteiger partial charge in [-0.05, 0) is 37.0 Å². The van der Waals surface area contributed by atoms with Crippen LogP contribution in [0.3, 0.4) is 0 Å². The number of nitrogens with zero attached hydrogens (tertiary/aromatic N) is 2. The third-order valence-electron chi connectivity index (χ3n) is 4.68. The van der Waals surface area contributed by atoms with E-state index < -0.39 is 4.92 Å². The lowest BCUT2D eigenvalue weighted by Gasteiger charge is -2.33. The van der Waals surface area contributed by atoms with Crippen LogP contribution in [0.1, 0.15) is 30.1 Å². The van der Waals surface area contributed by atoms with Gasteiger partial charge in [-0.15, -0.1) is 0 Å². The monoisotopic (exact) mass is 373 g/mol. The summed E-state index contributed by atoms with van der Waals surface area (Å²) in [6.45, 7) is 4.15. The van der Waals surface area contributed by atoms with Gasteiger partial charge >= 0.3 is 0 Å². The molecule has 1 heterocycles. The van der Waals surface area contributed by atoms with Crippen LogP contribution >= 0.6 is 11.6 Å². The number of nitro groups is 1. The first-order valence-electron chi connectivity index (χ1n) is 8.55. The number of halogens is 1. The van der Waals surface area contributed by atoms with Crippen molar-refractivity contribution in [3.05, 3.63) is 63.2 Å². The van der Waals surface area contributed by atoms with Gasteiger partial charge in [0, 0.05) is 25.2 Å². The summed E-state index contributed by atoms with van der Waals surface area (Å²) in [5.74, 6) is 0.328. The van der Waals surface area contributed by atoms with Crippen LogP contribution in [0.5, 0.6) is 0 Å². The lowest BCUT2D eigenvalue weighted by molar-refractivity contribution is -0.384. The molecule has 1 aliphatic rings. The van der Waals surface area contributed by atoms with Crippen LogP contribution in [-0.4, -0.2) is 23.9 Å². The van der Waals surface area contributed by atoms with E-state index in [9.17, 15) is 14.9 Å². The van der Waals surface area contributed by atoms with Gasteiger partial charge in [0.15, 0.2) is 0 Å². The third-order valence-corrected chi connectivity index (χ3v) is 5.00. The van der Waals surface area contributed by atoms with Crippen LogP contribution in [0.15, 0.2) is 42.5 Å². The number of carbonyl (C=O) groups excluding carboxylic acids is 1. The minimum Gasteiger partial charge on any atom is -0.370 e. The number of nitrogens with one attached hydrogen (secondary N) is 1. The minimum absolute atomic E-state index is 0.0565. The maximum atomic E-state index is 12.6. The molecule has 0 aliphatic carbocycles. The van der Waals surface area contributed by atoms with Crippen LogP contribution in [0.4, 0.5) is 17.1 Å². The molecule has 1 saturated heterocycles. The van der Waals surface area contributed by atoms with Gasteiger partial charge in [0.25, 0.3) is 11.6 Å². The molecule has 26 heavy (non-hydrogen) atoms. The van der Waals surface area contributed by atoms with E-state index in [1.54, 1.807) is 0 Å². The molecular weight excluding hydrogens is 354 g/mol. The van der Waals surface area contributed by atoms with Gasteiger partial charge < -0.3 is 10.2 Å². The van der Waals surface area contributed by atoms with Crippen molar-refractivity contribution in [1.29, 1.82) is 0 Å². The van der Waals surface area contributed by atoms with Crippen LogP contribution in [0, 0.1) is 16.0 Å². The van der Waals surface area contributed by atoms with Gasteiger partial charge in [-0.3, -0.25) is 14.9 Å². The van der Waals surface area contributed by atoms with Gasteiger partial charge in [-0.2, -0.15) is 0 Å². The van der Waals surface area contributed by atoms with Crippen LogP contribution in [0.25, 0.3) is 0 Å². The Hall–Kier alpha value is -2.60. The van der Waals surface area contributed by atoms with Gasteiger partial charge in [0.1, 0.15) is 0 Å². The molecule has 1 amide bonds. The Kier molecular flexibility index (Phi) is 5.42. The number of non-ortho nitro benzene ring substituents is 1. The fourth-order valence-corrected chi connectivity index (χ4v) is 3.36. The molecule has 2 aromatic carbocycles. The molecule has 0 spiro atoms. The summed E-state index contributed by atoms with van der Waals surface area (Å²) in [6.07, 6.45) is 2.24. The Morgan fingerprint density at radius 2 is 1.92 bits per heavy atom. The molecule has 6 nitrogen and oxygen atoms in total. The highest BCUT2D eigenvalue weighted by molar-refractivity contribution is 6.34. The number of hydrogen-bond donors (Lipinski definition) is 1. The van der Waals surface area contributed by atoms with Gasteiger partial charge in [-0.25, -0.2) is 0 Å². The number of hydrogen-bond acceptors (Lipinski definition) is 4. The quantitative estimate of drug-likeness (QED) is 0.620. The molecule has 1 N–H and O–H groups in total. The van der Waals surface area contributed by atoms with Crippen LogP contribution < -0.4 is 10.2 Å². The van der Waals surface area contributed by atoms with Gasteiger partial charge in [0.2, 0.25) is 0 Å². The summed E-state index contributed by atoms with van der Waals surface area (Å²) in [4.78, 5) is 25.2. The molecular formula is C19H20ClN3O3. The Bertz CT molecular complexity index is 833. The molecule has 136 valence electrons. The summed E-state index contributed by atoms with van der Waals surface area (Å²) >= 11 is 6.06. The molecule has 3 rings (SSSR count). The van der Waals surface area contributed by atoms with Crippen molar-refractivity contribution in [2.45, 2.75) is 19.8 Å². The Balaban J connectivity index is 1.81. The van der Waals surface area contributed by atoms with Crippen molar-refractivity contribution >= 4 is 34.6 Å². The number of anilines is 2. The molecule has 0 saturated carbocycles. The molecule has 0 radical (unpaired) electrons. The standard InChI is InChI=1S/C19H20ClN3O3/c1-13-8-10-22(11-9-13)18-5-3-2-4-17(18)21-19(24)15-7-6-14(23(25)26)12-16(15)20/h2-7,12-13H,8-11H2,1H3,(H,21,24). The van der Waals surface area contributed by atoms with Crippen molar-refractivity contribution in [2.24, 2.45) is 5.92 Å². The zero-order valence-electron chi connectivity index (χ0n) is 14.4. The highest BCUT2D eigenvalue weighted by Gasteiger charge is 2.20. The summed E-state index contributed by atoms with van der Waals surface area (Å²) < 4.78 is 0. The second-order valence-corrected chi connectivity index (χ2v) is 6.97. The second kappa shape index (κ2) is 7.74. The number of piperidine rings is 1. The molecule has 0 unspecified atom stereocenters. The predicted octanol–water partition coefficient (Wildman–Crippen LogP) is 4.74. The Morgan fingerprint density at radius 1 is 1.23 bits per heavy atom. The molecule has 1 fully saturated rings. The maximum Gasteiger partial charge on any atom is 0.270 e. The van der Waals surface area contributed by atoms with E-state index in [2.05, 4.69) is 17.1 Å². The molecule has 0 bridgehead atoms. The number of benzene rings is 2. The average molecular weight is 374 g/mol. The lowest BCUT2D eigenvalue weighted by atomic mass is 9.98. The van der Waals surface area contributed by atoms with Gasteiger partial charge in [-0.1, -0.05) is 30.7 Å². The van der Waals surface area contributed by atoms with Crippen molar-refractivity contribution in [1.82, 2.24) is 0 Å². The van der Waals surface area contributed by atoms with E-state index in [0.717, 1.165) is 31.6 Å². The fraction of sp³-hybridized carbons (Fsp3) is 0.316. The first-order chi connectivity index (χ1) is 12.5. The zero-order chi connectivity index (χ0) is 18.7. The zero-order valence-corrected chi connectivity index (χ0v) is 15.2. The lowest BCUT2D eigenvalue weighted by Crippen LogP contribution is -2.33. The minimum atomic E-state index is -0.541. The summed E-state index contributed by atoms with van der Waals surface area (Å²) in [7, 11) is 0. The number of nitro benzene ring substituents is 1. The number of para-hydroxylation sites is 2. The highest BCUT2D eigenvalue weighted by Crippen LogP contribution is 2.31. The number of rotatable bonds is 4. The van der Waals surface area contributed by atoms with E-state index in [4.69, 9.17) is 11.6 Å². The smallest absolute Gasteiger partial charge is 0.270 e. The van der Waals surface area contributed by atoms with E-state index in [-0.39, 0.29) is 22.2 Å². The first kappa shape index (κ1) is 18.2. The first-order valence-corrected chi connectivity index (χ1v) is 8.93. The third kappa shape index (κ3) is 3.96. The fourth-order valence-electron chi connectivity index (χ4n) is 3.10. The van der Waals surface area contributed by atoms with E-state index in [1.807, 2.05) is 24.3 Å². The average Bonchev–Trinajstić information content (AvgIpc) is 2.62. The van der Waals surface area contributed by atoms with Gasteiger partial charge in [0.05, 0.1) is 26.9 Å². The molecule has 2 aromatic rings. The predicted molar refractivity (Wildman–Crippen MR) is 103 cm³/mol. The van der Waals surface area contributed by atoms with Crippen LogP contribution in [-0.2, 0) is 0 Å². The maximum absolute atomic E-state index is 12.6. The number of amides is 1. The Labute approximate surface area is 156 Å². The molecule has 1 aliphatic heterocycles. The summed E-state index contributed by atoms with van der Waals surface area (Å²) in [5, 5.41) is 13.8. The SMILES string of the molecule is CC1CCN(c2ccccc2NC(=O)c2ccc([N+](=O)[O-])cc2Cl)CC1. The van der Waals surface area contributed by atoms with Crippen molar-refractivity contribution < 1.29 is 9.72 Å². The van der Waals surface area contributed by atoms with Crippen molar-refractivity contribution in [3.8, 4) is 0 Å². The molecule has 7 heteroatoms.